The molecular weight excluding hydrogens is 501 g/mol. The van der Waals surface area contributed by atoms with Crippen molar-refractivity contribution in [2.75, 3.05) is 23.9 Å². The van der Waals surface area contributed by atoms with Gasteiger partial charge in [0.1, 0.15) is 11.9 Å². The number of fused-ring (bicyclic) bond motifs is 1. The molecule has 2 aromatic rings. The van der Waals surface area contributed by atoms with E-state index in [2.05, 4.69) is 5.32 Å². The summed E-state index contributed by atoms with van der Waals surface area (Å²) in [5.41, 5.74) is 0.681. The van der Waals surface area contributed by atoms with E-state index in [-0.39, 0.29) is 56.1 Å². The van der Waals surface area contributed by atoms with Gasteiger partial charge < -0.3 is 19.7 Å². The lowest BCUT2D eigenvalue weighted by Crippen LogP contribution is -2.49. The summed E-state index contributed by atoms with van der Waals surface area (Å²) in [5, 5.41) is 2.87. The maximum absolute atomic E-state index is 14.4. The molecule has 0 saturated carbocycles. The van der Waals surface area contributed by atoms with Crippen LogP contribution in [0.25, 0.3) is 0 Å². The molecule has 1 N–H and O–H groups in total. The van der Waals surface area contributed by atoms with Crippen LogP contribution in [0.5, 0.6) is 11.5 Å². The van der Waals surface area contributed by atoms with E-state index in [0.717, 1.165) is 12.7 Å². The van der Waals surface area contributed by atoms with Crippen molar-refractivity contribution in [3.05, 3.63) is 53.8 Å². The largest absolute Gasteiger partial charge is 0.454 e. The number of hydrogen-bond acceptors (Lipinski definition) is 6. The highest BCUT2D eigenvalue weighted by Gasteiger charge is 2.28. The first-order valence-electron chi connectivity index (χ1n) is 12.2. The standard InChI is InChI=1S/C26H34FN3O6S/c1-5-18(2)28-26(32)19(3)29(16-20-9-6-7-10-22(20)27)25(31)11-8-14-30(37(4,33)34)21-12-13-23-24(15-21)36-17-35-23/h6-7,9-10,12-13,15,18-19H,5,8,11,14,16-17H2,1-4H3,(H,28,32). The SMILES string of the molecule is CCC(C)NC(=O)C(C)N(Cc1ccccc1F)C(=O)CCCN(c1ccc2c(c1)OCO2)S(C)(=O)=O. The molecule has 2 unspecified atom stereocenters. The van der Waals surface area contributed by atoms with Crippen molar-refractivity contribution in [3.8, 4) is 11.5 Å². The van der Waals surface area contributed by atoms with Gasteiger partial charge in [-0.05, 0) is 44.9 Å². The van der Waals surface area contributed by atoms with Gasteiger partial charge in [0, 0.05) is 37.2 Å². The Morgan fingerprint density at radius 3 is 2.49 bits per heavy atom. The van der Waals surface area contributed by atoms with Crippen LogP contribution in [0.1, 0.15) is 45.6 Å². The second-order valence-corrected chi connectivity index (χ2v) is 11.0. The number of nitrogens with one attached hydrogen (secondary N) is 1. The third-order valence-corrected chi connectivity index (χ3v) is 7.46. The number of rotatable bonds is 12. The zero-order chi connectivity index (χ0) is 27.2. The summed E-state index contributed by atoms with van der Waals surface area (Å²) < 4.78 is 51.2. The maximum Gasteiger partial charge on any atom is 0.242 e. The summed E-state index contributed by atoms with van der Waals surface area (Å²) in [4.78, 5) is 27.5. The lowest BCUT2D eigenvalue weighted by molar-refractivity contribution is -0.141. The van der Waals surface area contributed by atoms with Crippen LogP contribution in [0.2, 0.25) is 0 Å². The number of carbonyl (C=O) groups excluding carboxylic acids is 2. The molecule has 2 amide bonds. The van der Waals surface area contributed by atoms with E-state index < -0.39 is 21.9 Å². The van der Waals surface area contributed by atoms with Gasteiger partial charge in [-0.1, -0.05) is 25.1 Å². The van der Waals surface area contributed by atoms with Crippen LogP contribution in [-0.2, 0) is 26.2 Å². The van der Waals surface area contributed by atoms with Crippen molar-refractivity contribution in [2.45, 2.75) is 58.7 Å². The smallest absolute Gasteiger partial charge is 0.242 e. The Morgan fingerprint density at radius 2 is 1.81 bits per heavy atom. The molecule has 1 aliphatic rings. The molecule has 0 saturated heterocycles. The predicted molar refractivity (Wildman–Crippen MR) is 138 cm³/mol. The highest BCUT2D eigenvalue weighted by atomic mass is 32.2. The second kappa shape index (κ2) is 12.3. The van der Waals surface area contributed by atoms with Gasteiger partial charge in [-0.25, -0.2) is 12.8 Å². The number of carbonyl (C=O) groups is 2. The minimum absolute atomic E-state index is 0.0329. The number of benzene rings is 2. The first-order chi connectivity index (χ1) is 17.5. The van der Waals surface area contributed by atoms with Crippen LogP contribution in [0.15, 0.2) is 42.5 Å². The number of amides is 2. The van der Waals surface area contributed by atoms with Gasteiger partial charge in [-0.15, -0.1) is 0 Å². The first kappa shape index (κ1) is 28.2. The maximum atomic E-state index is 14.4. The quantitative estimate of drug-likeness (QED) is 0.447. The molecule has 0 fully saturated rings. The van der Waals surface area contributed by atoms with E-state index in [1.807, 2.05) is 13.8 Å². The minimum atomic E-state index is -3.66. The molecule has 11 heteroatoms. The normalized spacial score (nSPS) is 14.1. The fourth-order valence-corrected chi connectivity index (χ4v) is 4.86. The topological polar surface area (TPSA) is 105 Å². The van der Waals surface area contributed by atoms with Crippen LogP contribution in [0.4, 0.5) is 10.1 Å². The van der Waals surface area contributed by atoms with Gasteiger partial charge >= 0.3 is 0 Å². The summed E-state index contributed by atoms with van der Waals surface area (Å²) >= 11 is 0. The molecule has 9 nitrogen and oxygen atoms in total. The van der Waals surface area contributed by atoms with Crippen LogP contribution in [-0.4, -0.2) is 56.8 Å². The van der Waals surface area contributed by atoms with E-state index in [9.17, 15) is 22.4 Å². The van der Waals surface area contributed by atoms with Crippen molar-refractivity contribution in [2.24, 2.45) is 0 Å². The van der Waals surface area contributed by atoms with Crippen molar-refractivity contribution < 1.29 is 31.9 Å². The van der Waals surface area contributed by atoms with Crippen LogP contribution < -0.4 is 19.1 Å². The zero-order valence-corrected chi connectivity index (χ0v) is 22.4. The second-order valence-electron chi connectivity index (χ2n) is 9.08. The predicted octanol–water partition coefficient (Wildman–Crippen LogP) is 3.43. The van der Waals surface area contributed by atoms with E-state index in [1.165, 1.54) is 15.3 Å². The third kappa shape index (κ3) is 7.34. The van der Waals surface area contributed by atoms with E-state index in [0.29, 0.717) is 17.2 Å². The number of ether oxygens (including phenoxy) is 2. The Balaban J connectivity index is 1.74. The molecule has 1 aliphatic heterocycles. The molecular formula is C26H34FN3O6S. The fraction of sp³-hybridized carbons (Fsp3) is 0.462. The lowest BCUT2D eigenvalue weighted by Gasteiger charge is -2.30. The van der Waals surface area contributed by atoms with Gasteiger partial charge in [-0.3, -0.25) is 13.9 Å². The molecule has 0 spiro atoms. The Kier molecular flexibility index (Phi) is 9.36. The van der Waals surface area contributed by atoms with Crippen molar-refractivity contribution >= 4 is 27.5 Å². The molecule has 37 heavy (non-hydrogen) atoms. The number of hydrogen-bond donors (Lipinski definition) is 1. The lowest BCUT2D eigenvalue weighted by atomic mass is 10.1. The summed E-state index contributed by atoms with van der Waals surface area (Å²) in [6, 6.07) is 10.00. The summed E-state index contributed by atoms with van der Waals surface area (Å²) in [6.45, 7) is 5.41. The minimum Gasteiger partial charge on any atom is -0.454 e. The van der Waals surface area contributed by atoms with Gasteiger partial charge in [0.25, 0.3) is 0 Å². The number of sulfonamides is 1. The molecule has 0 radical (unpaired) electrons. The third-order valence-electron chi connectivity index (χ3n) is 6.26. The van der Waals surface area contributed by atoms with Crippen molar-refractivity contribution in [1.29, 1.82) is 0 Å². The van der Waals surface area contributed by atoms with Crippen LogP contribution in [0.3, 0.4) is 0 Å². The van der Waals surface area contributed by atoms with E-state index >= 15 is 0 Å². The monoisotopic (exact) mass is 535 g/mol. The molecule has 3 rings (SSSR count). The average Bonchev–Trinajstić information content (AvgIpc) is 3.32. The Hall–Kier alpha value is -3.34. The van der Waals surface area contributed by atoms with Crippen molar-refractivity contribution in [1.82, 2.24) is 10.2 Å². The number of nitrogens with zero attached hydrogens (tertiary/aromatic N) is 2. The summed E-state index contributed by atoms with van der Waals surface area (Å²) in [5.74, 6) is -0.215. The molecule has 0 aliphatic carbocycles. The molecule has 0 bridgehead atoms. The van der Waals surface area contributed by atoms with Gasteiger partial charge in [0.2, 0.25) is 28.6 Å². The molecule has 0 aromatic heterocycles. The van der Waals surface area contributed by atoms with Crippen LogP contribution in [0, 0.1) is 5.82 Å². The Labute approximate surface area is 217 Å². The zero-order valence-electron chi connectivity index (χ0n) is 21.6. The number of halogens is 1. The van der Waals surface area contributed by atoms with Gasteiger partial charge in [-0.2, -0.15) is 0 Å². The fourth-order valence-electron chi connectivity index (χ4n) is 3.90. The summed E-state index contributed by atoms with van der Waals surface area (Å²) in [7, 11) is -3.66. The first-order valence-corrected chi connectivity index (χ1v) is 14.1. The average molecular weight is 536 g/mol. The Bertz CT molecular complexity index is 1220. The van der Waals surface area contributed by atoms with Gasteiger partial charge in [0.05, 0.1) is 11.9 Å². The Morgan fingerprint density at radius 1 is 1.11 bits per heavy atom. The summed E-state index contributed by atoms with van der Waals surface area (Å²) in [6.07, 6.45) is 1.96. The van der Waals surface area contributed by atoms with E-state index in [1.54, 1.807) is 43.3 Å². The van der Waals surface area contributed by atoms with Crippen LogP contribution >= 0.6 is 0 Å². The molecule has 202 valence electrons. The number of anilines is 1. The highest BCUT2D eigenvalue weighted by Crippen LogP contribution is 2.36. The molecule has 1 heterocycles. The van der Waals surface area contributed by atoms with E-state index in [4.69, 9.17) is 9.47 Å². The van der Waals surface area contributed by atoms with Gasteiger partial charge in [0.15, 0.2) is 11.5 Å². The molecule has 2 atom stereocenters. The van der Waals surface area contributed by atoms with Crippen molar-refractivity contribution in [3.63, 3.8) is 0 Å². The molecule has 2 aromatic carbocycles. The highest BCUT2D eigenvalue weighted by molar-refractivity contribution is 7.92.